The number of aryl methyl sites for hydroxylation is 1. The molecule has 1 aliphatic heterocycles. The molecule has 0 saturated carbocycles. The normalized spacial score (nSPS) is 17.5. The first-order valence-corrected chi connectivity index (χ1v) is 12.1. The van der Waals surface area contributed by atoms with E-state index in [1.165, 1.54) is 5.56 Å². The van der Waals surface area contributed by atoms with Crippen molar-refractivity contribution in [3.63, 3.8) is 0 Å². The van der Waals surface area contributed by atoms with E-state index in [1.807, 2.05) is 59.5 Å². The number of carbonyl (C=O) groups is 2. The van der Waals surface area contributed by atoms with E-state index in [-0.39, 0.29) is 18.4 Å². The second-order valence-corrected chi connectivity index (χ2v) is 9.04. The van der Waals surface area contributed by atoms with Crippen LogP contribution in [0.4, 0.5) is 0 Å². The van der Waals surface area contributed by atoms with Crippen LogP contribution in [0.2, 0.25) is 0 Å². The summed E-state index contributed by atoms with van der Waals surface area (Å²) in [5.41, 5.74) is 10.2. The molecule has 1 fully saturated rings. The van der Waals surface area contributed by atoms with E-state index < -0.39 is 11.9 Å². The molecule has 3 N–H and O–H groups in total. The van der Waals surface area contributed by atoms with Gasteiger partial charge in [0.05, 0.1) is 18.4 Å². The van der Waals surface area contributed by atoms with Gasteiger partial charge in [-0.3, -0.25) is 9.59 Å². The lowest BCUT2D eigenvalue weighted by molar-refractivity contribution is -0.142. The summed E-state index contributed by atoms with van der Waals surface area (Å²) in [7, 11) is 0. The van der Waals surface area contributed by atoms with Crippen LogP contribution in [0, 0.1) is 5.92 Å². The molecule has 0 bridgehead atoms. The van der Waals surface area contributed by atoms with Crippen LogP contribution in [0.5, 0.6) is 5.75 Å². The minimum absolute atomic E-state index is 0.0784. The Morgan fingerprint density at radius 3 is 2.23 bits per heavy atom. The maximum atomic E-state index is 13.0. The third-order valence-corrected chi connectivity index (χ3v) is 6.58. The summed E-state index contributed by atoms with van der Waals surface area (Å²) in [5.74, 6) is -0.781. The number of hydrogen-bond acceptors (Lipinski definition) is 4. The van der Waals surface area contributed by atoms with E-state index in [0.717, 1.165) is 35.3 Å². The predicted octanol–water partition coefficient (Wildman–Crippen LogP) is 4.52. The Bertz CT molecular complexity index is 1110. The Morgan fingerprint density at radius 2 is 1.60 bits per heavy atom. The van der Waals surface area contributed by atoms with E-state index in [1.54, 1.807) is 0 Å². The van der Waals surface area contributed by atoms with E-state index in [4.69, 9.17) is 10.5 Å². The van der Waals surface area contributed by atoms with Gasteiger partial charge in [0.1, 0.15) is 12.4 Å². The number of carboxylic acid groups (broad SMARTS) is 1. The van der Waals surface area contributed by atoms with Gasteiger partial charge in [-0.05, 0) is 53.6 Å². The maximum absolute atomic E-state index is 13.0. The SMILES string of the molecule is NCc1ccc(-c2ccc(OC[C@@H]3C[C@@H](CC(=O)O)C(=O)N3CCCc3ccccc3)cc2)cc1. The first-order chi connectivity index (χ1) is 17.0. The quantitative estimate of drug-likeness (QED) is 0.428. The summed E-state index contributed by atoms with van der Waals surface area (Å²) < 4.78 is 6.06. The van der Waals surface area contributed by atoms with E-state index in [0.29, 0.717) is 26.1 Å². The van der Waals surface area contributed by atoms with Gasteiger partial charge < -0.3 is 20.5 Å². The van der Waals surface area contributed by atoms with Crippen LogP contribution >= 0.6 is 0 Å². The van der Waals surface area contributed by atoms with Gasteiger partial charge >= 0.3 is 5.97 Å². The Kier molecular flexibility index (Phi) is 8.16. The molecule has 1 amide bonds. The summed E-state index contributed by atoms with van der Waals surface area (Å²) in [6.45, 7) is 1.46. The summed E-state index contributed by atoms with van der Waals surface area (Å²) in [6.07, 6.45) is 2.06. The lowest BCUT2D eigenvalue weighted by Crippen LogP contribution is -2.38. The zero-order valence-electron chi connectivity index (χ0n) is 19.8. The van der Waals surface area contributed by atoms with Crippen LogP contribution in [-0.2, 0) is 22.6 Å². The molecular weight excluding hydrogens is 440 g/mol. The van der Waals surface area contributed by atoms with E-state index in [9.17, 15) is 14.7 Å². The number of rotatable bonds is 11. The molecule has 4 rings (SSSR count). The molecule has 3 aromatic carbocycles. The fourth-order valence-corrected chi connectivity index (χ4v) is 4.67. The molecule has 182 valence electrons. The van der Waals surface area contributed by atoms with Crippen LogP contribution in [0.3, 0.4) is 0 Å². The molecule has 35 heavy (non-hydrogen) atoms. The van der Waals surface area contributed by atoms with Crippen LogP contribution in [0.15, 0.2) is 78.9 Å². The summed E-state index contributed by atoms with van der Waals surface area (Å²) in [4.78, 5) is 26.0. The van der Waals surface area contributed by atoms with Crippen LogP contribution in [0.1, 0.15) is 30.4 Å². The maximum Gasteiger partial charge on any atom is 0.304 e. The number of likely N-dealkylation sites (tertiary alicyclic amines) is 1. The largest absolute Gasteiger partial charge is 0.491 e. The van der Waals surface area contributed by atoms with Crippen LogP contribution in [0.25, 0.3) is 11.1 Å². The van der Waals surface area contributed by atoms with Gasteiger partial charge in [0, 0.05) is 13.1 Å². The minimum Gasteiger partial charge on any atom is -0.491 e. The van der Waals surface area contributed by atoms with Crippen LogP contribution in [-0.4, -0.2) is 41.1 Å². The van der Waals surface area contributed by atoms with Crippen LogP contribution < -0.4 is 10.5 Å². The first kappa shape index (κ1) is 24.5. The molecule has 1 heterocycles. The number of carbonyl (C=O) groups excluding carboxylic acids is 1. The Balaban J connectivity index is 1.37. The average Bonchev–Trinajstić information content (AvgIpc) is 3.17. The summed E-state index contributed by atoms with van der Waals surface area (Å²) in [6, 6.07) is 26.1. The molecule has 1 aliphatic rings. The van der Waals surface area contributed by atoms with Crippen molar-refractivity contribution in [3.8, 4) is 16.9 Å². The fraction of sp³-hybridized carbons (Fsp3) is 0.310. The zero-order valence-corrected chi connectivity index (χ0v) is 19.8. The van der Waals surface area contributed by atoms with E-state index in [2.05, 4.69) is 24.3 Å². The number of benzene rings is 3. The fourth-order valence-electron chi connectivity index (χ4n) is 4.67. The van der Waals surface area contributed by atoms with Gasteiger partial charge in [-0.25, -0.2) is 0 Å². The Morgan fingerprint density at radius 1 is 0.943 bits per heavy atom. The highest BCUT2D eigenvalue weighted by Crippen LogP contribution is 2.29. The standard InChI is InChI=1S/C29H32N2O4/c30-19-22-8-10-23(11-9-22)24-12-14-27(15-13-24)35-20-26-17-25(18-28(32)33)29(34)31(26)16-4-7-21-5-2-1-3-6-21/h1-3,5-6,8-15,25-26H,4,7,16-20,30H2,(H,32,33)/t25-,26-/m0/s1. The minimum atomic E-state index is -0.941. The Labute approximate surface area is 206 Å². The van der Waals surface area contributed by atoms with E-state index >= 15 is 0 Å². The molecule has 1 saturated heterocycles. The number of hydrogen-bond donors (Lipinski definition) is 2. The summed E-state index contributed by atoms with van der Waals surface area (Å²) >= 11 is 0. The van der Waals surface area contributed by atoms with Crippen molar-refractivity contribution in [1.82, 2.24) is 4.90 Å². The number of aliphatic carboxylic acids is 1. The highest BCUT2D eigenvalue weighted by atomic mass is 16.5. The number of carboxylic acids is 1. The molecule has 0 aromatic heterocycles. The number of nitrogens with zero attached hydrogens (tertiary/aromatic N) is 1. The highest BCUT2D eigenvalue weighted by Gasteiger charge is 2.40. The molecule has 6 heteroatoms. The smallest absolute Gasteiger partial charge is 0.304 e. The van der Waals surface area contributed by atoms with Gasteiger partial charge in [-0.15, -0.1) is 0 Å². The number of nitrogens with two attached hydrogens (primary N) is 1. The molecule has 0 radical (unpaired) electrons. The Hall–Kier alpha value is -3.64. The third-order valence-electron chi connectivity index (χ3n) is 6.58. The van der Waals surface area contributed by atoms with Crippen molar-refractivity contribution in [3.05, 3.63) is 90.0 Å². The third kappa shape index (κ3) is 6.49. The van der Waals surface area contributed by atoms with Crippen molar-refractivity contribution >= 4 is 11.9 Å². The zero-order chi connectivity index (χ0) is 24.6. The van der Waals surface area contributed by atoms with Crippen molar-refractivity contribution in [1.29, 1.82) is 0 Å². The van der Waals surface area contributed by atoms with Crippen molar-refractivity contribution in [2.75, 3.05) is 13.2 Å². The second-order valence-electron chi connectivity index (χ2n) is 9.04. The lowest BCUT2D eigenvalue weighted by atomic mass is 10.0. The second kappa shape index (κ2) is 11.7. The van der Waals surface area contributed by atoms with Crippen molar-refractivity contribution in [2.45, 2.75) is 38.3 Å². The average molecular weight is 473 g/mol. The molecule has 0 unspecified atom stereocenters. The highest BCUT2D eigenvalue weighted by molar-refractivity contribution is 5.85. The first-order valence-electron chi connectivity index (χ1n) is 12.1. The lowest BCUT2D eigenvalue weighted by Gasteiger charge is -2.25. The summed E-state index contributed by atoms with van der Waals surface area (Å²) in [5, 5.41) is 9.24. The number of ether oxygens (including phenoxy) is 1. The van der Waals surface area contributed by atoms with Gasteiger partial charge in [-0.2, -0.15) is 0 Å². The van der Waals surface area contributed by atoms with Gasteiger partial charge in [0.25, 0.3) is 0 Å². The monoisotopic (exact) mass is 472 g/mol. The van der Waals surface area contributed by atoms with Crippen molar-refractivity contribution < 1.29 is 19.4 Å². The van der Waals surface area contributed by atoms with Gasteiger partial charge in [0.15, 0.2) is 0 Å². The molecular formula is C29H32N2O4. The van der Waals surface area contributed by atoms with Gasteiger partial charge in [0.2, 0.25) is 5.91 Å². The molecule has 0 spiro atoms. The topological polar surface area (TPSA) is 92.9 Å². The molecule has 2 atom stereocenters. The number of amides is 1. The van der Waals surface area contributed by atoms with Crippen molar-refractivity contribution in [2.24, 2.45) is 11.7 Å². The molecule has 6 nitrogen and oxygen atoms in total. The predicted molar refractivity (Wildman–Crippen MR) is 136 cm³/mol. The van der Waals surface area contributed by atoms with Gasteiger partial charge in [-0.1, -0.05) is 66.7 Å². The molecule has 0 aliphatic carbocycles. The molecule has 3 aromatic rings.